The number of hydrogen-bond donors (Lipinski definition) is 1. The lowest BCUT2D eigenvalue weighted by Crippen LogP contribution is -2.35. The van der Waals surface area contributed by atoms with Crippen LogP contribution in [0, 0.1) is 6.92 Å². The van der Waals surface area contributed by atoms with Crippen LogP contribution in [0.2, 0.25) is 0 Å². The van der Waals surface area contributed by atoms with Crippen LogP contribution >= 0.6 is 0 Å². The number of rotatable bonds is 12. The molecule has 0 saturated carbocycles. The van der Waals surface area contributed by atoms with Crippen molar-refractivity contribution in [2.45, 2.75) is 39.7 Å². The van der Waals surface area contributed by atoms with Crippen LogP contribution in [0.4, 0.5) is 8.78 Å². The molecule has 218 valence electrons. The number of carbonyl (C=O) groups excluding carboxylic acids is 2. The second-order valence-electron chi connectivity index (χ2n) is 9.53. The minimum absolute atomic E-state index is 0.0648. The fraction of sp³-hybridized carbons (Fsp3) is 0.467. The number of aryl methyl sites for hydroxylation is 1. The van der Waals surface area contributed by atoms with Gasteiger partial charge in [0.1, 0.15) is 11.5 Å². The van der Waals surface area contributed by atoms with E-state index in [4.69, 9.17) is 5.11 Å². The molecule has 0 aliphatic rings. The van der Waals surface area contributed by atoms with E-state index in [9.17, 15) is 18.4 Å². The number of likely N-dealkylation sites (N-methyl/N-ethyl adjacent to an activating group) is 1. The van der Waals surface area contributed by atoms with E-state index in [2.05, 4.69) is 4.90 Å². The van der Waals surface area contributed by atoms with Crippen LogP contribution in [0.3, 0.4) is 0 Å². The summed E-state index contributed by atoms with van der Waals surface area (Å²) in [4.78, 5) is 30.0. The summed E-state index contributed by atoms with van der Waals surface area (Å²) in [6.45, 7) is 7.49. The van der Waals surface area contributed by atoms with Gasteiger partial charge in [0.05, 0.1) is 0 Å². The smallest absolute Gasteiger partial charge is 0.270 e. The Balaban J connectivity index is 0.000000694. The fourth-order valence-electron chi connectivity index (χ4n) is 3.33. The Morgan fingerprint density at radius 3 is 1.85 bits per heavy atom. The molecule has 0 atom stereocenters. The highest BCUT2D eigenvalue weighted by molar-refractivity contribution is 5.74. The summed E-state index contributed by atoms with van der Waals surface area (Å²) < 4.78 is 24.9. The highest BCUT2D eigenvalue weighted by Crippen LogP contribution is 2.25. The lowest BCUT2D eigenvalue weighted by molar-refractivity contribution is -0.116. The number of benzene rings is 2. The molecule has 2 aromatic carbocycles. The van der Waals surface area contributed by atoms with E-state index in [1.165, 1.54) is 22.6 Å². The van der Waals surface area contributed by atoms with Crippen molar-refractivity contribution in [1.29, 1.82) is 0 Å². The van der Waals surface area contributed by atoms with E-state index in [0.29, 0.717) is 37.6 Å². The van der Waals surface area contributed by atoms with Crippen molar-refractivity contribution in [3.05, 3.63) is 82.8 Å². The molecule has 1 N–H and O–H groups in total. The van der Waals surface area contributed by atoms with E-state index in [1.54, 1.807) is 25.2 Å². The first-order valence-corrected chi connectivity index (χ1v) is 12.9. The van der Waals surface area contributed by atoms with Gasteiger partial charge in [-0.25, -0.2) is 8.78 Å². The molecule has 0 aliphatic carbocycles. The molecule has 0 unspecified atom stereocenters. The van der Waals surface area contributed by atoms with Gasteiger partial charge in [-0.15, -0.1) is 0 Å². The zero-order valence-electron chi connectivity index (χ0n) is 24.7. The lowest BCUT2D eigenvalue weighted by Gasteiger charge is -2.31. The Bertz CT molecular complexity index is 978. The molecule has 0 heterocycles. The first-order chi connectivity index (χ1) is 18.3. The van der Waals surface area contributed by atoms with Crippen molar-refractivity contribution >= 4 is 12.7 Å². The number of aliphatic hydroxyl groups excluding tert-OH is 1. The number of alkyl halides is 2. The monoisotopic (exact) mass is 548 g/mol. The Hall–Kier alpha value is -3.30. The van der Waals surface area contributed by atoms with E-state index in [1.807, 2.05) is 76.1 Å². The molecular formula is C30H46F2N4O3. The van der Waals surface area contributed by atoms with Crippen molar-refractivity contribution in [3.63, 3.8) is 0 Å². The summed E-state index contributed by atoms with van der Waals surface area (Å²) >= 11 is 0. The predicted molar refractivity (Wildman–Crippen MR) is 154 cm³/mol. The van der Waals surface area contributed by atoms with Crippen molar-refractivity contribution < 1.29 is 23.5 Å². The van der Waals surface area contributed by atoms with Gasteiger partial charge in [-0.1, -0.05) is 60.2 Å². The van der Waals surface area contributed by atoms with Gasteiger partial charge in [0.2, 0.25) is 6.41 Å². The molecule has 0 aliphatic heterocycles. The number of hydrogen-bond acceptors (Lipinski definition) is 6. The van der Waals surface area contributed by atoms with E-state index >= 15 is 0 Å². The first kappa shape index (κ1) is 35.7. The number of aliphatic hydroxyl groups is 1. The van der Waals surface area contributed by atoms with Crippen molar-refractivity contribution in [2.75, 3.05) is 54.9 Å². The number of aldehydes is 1. The van der Waals surface area contributed by atoms with Crippen LogP contribution < -0.4 is 0 Å². The summed E-state index contributed by atoms with van der Waals surface area (Å²) in [6.07, 6.45) is 2.40. The second kappa shape index (κ2) is 18.9. The largest absolute Gasteiger partial charge is 0.396 e. The lowest BCUT2D eigenvalue weighted by atomic mass is 10.1. The molecule has 0 radical (unpaired) electrons. The highest BCUT2D eigenvalue weighted by atomic mass is 19.3. The zero-order valence-corrected chi connectivity index (χ0v) is 24.7. The van der Waals surface area contributed by atoms with Gasteiger partial charge in [0, 0.05) is 53.3 Å². The van der Waals surface area contributed by atoms with Crippen molar-refractivity contribution in [3.8, 4) is 0 Å². The molecule has 0 spiro atoms. The average molecular weight is 549 g/mol. The maximum Gasteiger partial charge on any atom is 0.270 e. The SMILES string of the molecule is CC(F)(F)c1ccccc1.CCN(C)/C(=C(/C=O)N(C)Cc1ccc(C)cc1)N(C)C=O.CN(C)CCCO. The number of amides is 1. The summed E-state index contributed by atoms with van der Waals surface area (Å²) in [5.41, 5.74) is 2.86. The molecule has 1 amide bonds. The van der Waals surface area contributed by atoms with E-state index < -0.39 is 5.92 Å². The van der Waals surface area contributed by atoms with Gasteiger partial charge in [0.25, 0.3) is 5.92 Å². The molecular weight excluding hydrogens is 502 g/mol. The van der Waals surface area contributed by atoms with Crippen LogP contribution in [0.5, 0.6) is 0 Å². The molecule has 2 rings (SSSR count). The summed E-state index contributed by atoms with van der Waals surface area (Å²) in [5, 5.41) is 8.29. The van der Waals surface area contributed by atoms with Gasteiger partial charge in [-0.3, -0.25) is 9.59 Å². The quantitative estimate of drug-likeness (QED) is 0.310. The third-order valence-corrected chi connectivity index (χ3v) is 5.66. The number of carbonyl (C=O) groups is 2. The number of nitrogens with zero attached hydrogens (tertiary/aromatic N) is 4. The number of halogens is 2. The van der Waals surface area contributed by atoms with Gasteiger partial charge in [0.15, 0.2) is 6.29 Å². The van der Waals surface area contributed by atoms with Crippen LogP contribution in [0.15, 0.2) is 66.1 Å². The number of allylic oxidation sites excluding steroid dienone is 1. The maximum absolute atomic E-state index is 12.5. The first-order valence-electron chi connectivity index (χ1n) is 12.9. The third kappa shape index (κ3) is 14.4. The Labute approximate surface area is 233 Å². The average Bonchev–Trinajstić information content (AvgIpc) is 2.91. The molecule has 7 nitrogen and oxygen atoms in total. The topological polar surface area (TPSA) is 67.3 Å². The zero-order chi connectivity index (χ0) is 30.0. The van der Waals surface area contributed by atoms with Crippen molar-refractivity contribution in [2.24, 2.45) is 0 Å². The summed E-state index contributed by atoms with van der Waals surface area (Å²) in [7, 11) is 9.35. The Kier molecular flexibility index (Phi) is 17.3. The summed E-state index contributed by atoms with van der Waals surface area (Å²) in [6, 6.07) is 15.9. The normalized spacial score (nSPS) is 11.3. The maximum atomic E-state index is 12.5. The molecule has 39 heavy (non-hydrogen) atoms. The molecule has 2 aromatic rings. The Morgan fingerprint density at radius 2 is 1.49 bits per heavy atom. The molecule has 9 heteroatoms. The van der Waals surface area contributed by atoms with Crippen molar-refractivity contribution in [1.82, 2.24) is 19.6 Å². The van der Waals surface area contributed by atoms with Crippen LogP contribution in [0.1, 0.15) is 37.0 Å². The standard InChI is InChI=1S/C17H25N3O2.C8H8F2.C5H13NO/c1-6-18(3)17(20(5)13-22)16(12-21)19(4)11-15-9-7-14(2)8-10-15;1-8(9,10)7-5-3-2-4-6-7;1-6(2)4-3-5-7/h7-10,12-13H,6,11H2,1-5H3;2-6H,1H3;7H,3-5H2,1-2H3/b17-16+;;. The van der Waals surface area contributed by atoms with Gasteiger partial charge < -0.3 is 24.7 Å². The fourth-order valence-corrected chi connectivity index (χ4v) is 3.33. The van der Waals surface area contributed by atoms with Crippen LogP contribution in [0.25, 0.3) is 0 Å². The second-order valence-corrected chi connectivity index (χ2v) is 9.53. The van der Waals surface area contributed by atoms with Gasteiger partial charge >= 0.3 is 0 Å². The van der Waals surface area contributed by atoms with E-state index in [0.717, 1.165) is 31.7 Å². The highest BCUT2D eigenvalue weighted by Gasteiger charge is 2.23. The molecule has 0 saturated heterocycles. The third-order valence-electron chi connectivity index (χ3n) is 5.66. The van der Waals surface area contributed by atoms with Gasteiger partial charge in [-0.2, -0.15) is 0 Å². The molecule has 0 bridgehead atoms. The minimum atomic E-state index is -2.71. The van der Waals surface area contributed by atoms with E-state index in [-0.39, 0.29) is 5.56 Å². The molecule has 0 aromatic heterocycles. The predicted octanol–water partition coefficient (Wildman–Crippen LogP) is 4.56. The van der Waals surface area contributed by atoms with Crippen LogP contribution in [-0.2, 0) is 22.1 Å². The Morgan fingerprint density at radius 1 is 0.923 bits per heavy atom. The molecule has 0 fully saturated rings. The van der Waals surface area contributed by atoms with Gasteiger partial charge in [-0.05, 0) is 46.5 Å². The summed E-state index contributed by atoms with van der Waals surface area (Å²) in [5.74, 6) is -2.11. The van der Waals surface area contributed by atoms with Crippen LogP contribution in [-0.4, -0.2) is 92.3 Å². The minimum Gasteiger partial charge on any atom is -0.396 e.